The Hall–Kier alpha value is -2.95. The second kappa shape index (κ2) is 10.3. The Bertz CT molecular complexity index is 1330. The van der Waals surface area contributed by atoms with Gasteiger partial charge in [0.1, 0.15) is 33.7 Å². The maximum absolute atomic E-state index is 14.1. The number of pyridine rings is 1. The number of nitrogens with zero attached hydrogens (tertiary/aromatic N) is 2. The average Bonchev–Trinajstić information content (AvgIpc) is 2.81. The molecule has 0 amide bonds. The maximum Gasteiger partial charge on any atom is 0.320 e. The highest BCUT2D eigenvalue weighted by atomic mass is 32.2. The summed E-state index contributed by atoms with van der Waals surface area (Å²) >= 11 is 0. The molecule has 0 saturated carbocycles. The number of carbonyl (C=O) groups excluding carboxylic acids is 1. The second-order valence-electron chi connectivity index (χ2n) is 9.59. The molecular weight excluding hydrogens is 482 g/mol. The molecule has 8 nitrogen and oxygen atoms in total. The van der Waals surface area contributed by atoms with Crippen LogP contribution in [0.25, 0.3) is 10.9 Å². The third-order valence-electron chi connectivity index (χ3n) is 6.11. The Morgan fingerprint density at radius 2 is 1.71 bits per heavy atom. The molecule has 0 aliphatic rings. The minimum Gasteiger partial charge on any atom is -0.497 e. The first-order valence-corrected chi connectivity index (χ1v) is 15.7. The summed E-state index contributed by atoms with van der Waals surface area (Å²) in [6, 6.07) is 14.3. The van der Waals surface area contributed by atoms with Crippen LogP contribution < -0.4 is 14.2 Å². The average molecular weight is 516 g/mol. The molecule has 0 aliphatic carbocycles. The molecule has 1 N–H and O–H groups in total. The lowest BCUT2D eigenvalue weighted by atomic mass is 10.2. The number of rotatable bonds is 8. The smallest absolute Gasteiger partial charge is 0.320 e. The minimum atomic E-state index is -3.09. The van der Waals surface area contributed by atoms with Crippen LogP contribution in [-0.2, 0) is 19.4 Å². The van der Waals surface area contributed by atoms with Crippen molar-refractivity contribution in [2.45, 2.75) is 43.8 Å². The van der Waals surface area contributed by atoms with Crippen LogP contribution >= 0.6 is 0 Å². The van der Waals surface area contributed by atoms with Crippen LogP contribution in [0.5, 0.6) is 17.2 Å². The van der Waals surface area contributed by atoms with Crippen molar-refractivity contribution in [3.63, 3.8) is 0 Å². The van der Waals surface area contributed by atoms with E-state index in [1.165, 1.54) is 7.11 Å². The molecule has 0 saturated heterocycles. The van der Waals surface area contributed by atoms with Gasteiger partial charge in [-0.05, 0) is 60.6 Å². The largest absolute Gasteiger partial charge is 0.497 e. The Kier molecular flexibility index (Phi) is 7.88. The molecule has 1 heterocycles. The van der Waals surface area contributed by atoms with Crippen molar-refractivity contribution in [1.29, 1.82) is 0 Å². The van der Waals surface area contributed by atoms with E-state index in [1.807, 2.05) is 18.2 Å². The summed E-state index contributed by atoms with van der Waals surface area (Å²) in [7, 11) is -2.52. The normalized spacial score (nSPS) is 13.7. The van der Waals surface area contributed by atoms with Crippen LogP contribution in [0.15, 0.2) is 63.7 Å². The van der Waals surface area contributed by atoms with Gasteiger partial charge >= 0.3 is 5.97 Å². The van der Waals surface area contributed by atoms with Gasteiger partial charge in [-0.2, -0.15) is 0 Å². The van der Waals surface area contributed by atoms with E-state index in [2.05, 4.69) is 43.6 Å². The zero-order valence-corrected chi connectivity index (χ0v) is 23.1. The summed E-state index contributed by atoms with van der Waals surface area (Å²) in [6.45, 7) is 10.2. The Balaban J connectivity index is 1.96. The zero-order valence-electron chi connectivity index (χ0n) is 21.2. The van der Waals surface area contributed by atoms with Gasteiger partial charge in [0.2, 0.25) is 0 Å². The van der Waals surface area contributed by atoms with Gasteiger partial charge in [0, 0.05) is 17.6 Å². The summed E-state index contributed by atoms with van der Waals surface area (Å²) in [5.74, 6) is 1.41. The van der Waals surface area contributed by atoms with E-state index in [9.17, 15) is 9.00 Å². The van der Waals surface area contributed by atoms with Gasteiger partial charge in [0.15, 0.2) is 8.24 Å². The van der Waals surface area contributed by atoms with Gasteiger partial charge < -0.3 is 14.2 Å². The summed E-state index contributed by atoms with van der Waals surface area (Å²) in [5, 5.41) is 0.713. The lowest BCUT2D eigenvalue weighted by molar-refractivity contribution is -0.139. The van der Waals surface area contributed by atoms with Crippen molar-refractivity contribution in [2.75, 3.05) is 20.8 Å². The van der Waals surface area contributed by atoms with E-state index < -0.39 is 24.1 Å². The lowest BCUT2D eigenvalue weighted by Gasteiger charge is -2.33. The molecule has 1 unspecified atom stereocenters. The second-order valence-corrected chi connectivity index (χ2v) is 16.7. The number of benzene rings is 2. The van der Waals surface area contributed by atoms with E-state index in [4.69, 9.17) is 18.2 Å². The molecule has 0 aliphatic heterocycles. The lowest BCUT2D eigenvalue weighted by Crippen LogP contribution is -2.40. The SMILES string of the molecule is COC(=O)CNS(=O)(=N[Si](C)(C)C(C)(C)C)c1ccc(Oc2ccnc3cc(OC)ccc23)cc1. The monoisotopic (exact) mass is 515 g/mol. The predicted octanol–water partition coefficient (Wildman–Crippen LogP) is 5.55. The van der Waals surface area contributed by atoms with E-state index >= 15 is 0 Å². The molecular formula is C25H33N3O5SSi. The van der Waals surface area contributed by atoms with E-state index in [0.717, 1.165) is 10.9 Å². The third kappa shape index (κ3) is 6.19. The molecule has 2 aromatic carbocycles. The van der Waals surface area contributed by atoms with Crippen molar-refractivity contribution in [2.24, 2.45) is 4.03 Å². The van der Waals surface area contributed by atoms with Crippen LogP contribution in [0.2, 0.25) is 18.1 Å². The molecule has 0 spiro atoms. The number of carbonyl (C=O) groups is 1. The van der Waals surface area contributed by atoms with Crippen LogP contribution in [0.4, 0.5) is 0 Å². The Labute approximate surface area is 208 Å². The molecule has 0 radical (unpaired) electrons. The Morgan fingerprint density at radius 3 is 2.31 bits per heavy atom. The van der Waals surface area contributed by atoms with E-state index in [-0.39, 0.29) is 11.6 Å². The topological polar surface area (TPSA) is 99.1 Å². The van der Waals surface area contributed by atoms with Crippen LogP contribution in [0.1, 0.15) is 20.8 Å². The number of hydrogen-bond donors (Lipinski definition) is 1. The summed E-state index contributed by atoms with van der Waals surface area (Å²) in [6.07, 6.45) is 1.67. The van der Waals surface area contributed by atoms with Gasteiger partial charge in [0.05, 0.1) is 24.6 Å². The number of fused-ring (bicyclic) bond motifs is 1. The quantitative estimate of drug-likeness (QED) is 0.312. The number of esters is 1. The first-order valence-electron chi connectivity index (χ1n) is 11.2. The molecule has 0 fully saturated rings. The van der Waals surface area contributed by atoms with E-state index in [1.54, 1.807) is 43.6 Å². The van der Waals surface area contributed by atoms with E-state index in [0.29, 0.717) is 22.1 Å². The molecule has 1 atom stereocenters. The number of nitrogens with one attached hydrogen (secondary N) is 1. The van der Waals surface area contributed by atoms with Gasteiger partial charge in [0.25, 0.3) is 0 Å². The summed E-state index contributed by atoms with van der Waals surface area (Å²) in [4.78, 5) is 16.6. The van der Waals surface area contributed by atoms with Gasteiger partial charge in [-0.25, -0.2) is 8.93 Å². The molecule has 188 valence electrons. The molecule has 0 bridgehead atoms. The van der Waals surface area contributed by atoms with Gasteiger partial charge in [-0.15, -0.1) is 0 Å². The third-order valence-corrected chi connectivity index (χ3v) is 14.1. The molecule has 3 rings (SSSR count). The first kappa shape index (κ1) is 26.6. The zero-order chi connectivity index (χ0) is 25.9. The number of aromatic nitrogens is 1. The van der Waals surface area contributed by atoms with Crippen LogP contribution in [0.3, 0.4) is 0 Å². The molecule has 3 aromatic rings. The molecule has 35 heavy (non-hydrogen) atoms. The number of methoxy groups -OCH3 is 2. The van der Waals surface area contributed by atoms with Gasteiger partial charge in [-0.3, -0.25) is 13.8 Å². The van der Waals surface area contributed by atoms with Crippen molar-refractivity contribution in [1.82, 2.24) is 9.71 Å². The number of ether oxygens (including phenoxy) is 3. The fourth-order valence-electron chi connectivity index (χ4n) is 2.99. The Morgan fingerprint density at radius 1 is 1.06 bits per heavy atom. The standard InChI is InChI=1S/C25H33N3O5SSi/c1-25(2,3)35(6,7)28-34(30,27-17-24(29)32-5)20-11-8-18(9-12-20)33-23-14-15-26-22-16-19(31-4)10-13-21(22)23/h8-16H,17H2,1-7H3,(H,27,28,30). The molecule has 1 aromatic heterocycles. The highest BCUT2D eigenvalue weighted by Gasteiger charge is 2.38. The molecule has 10 heteroatoms. The highest BCUT2D eigenvalue weighted by molar-refractivity contribution is 7.92. The van der Waals surface area contributed by atoms with Crippen LogP contribution in [-0.4, -0.2) is 44.2 Å². The van der Waals surface area contributed by atoms with Gasteiger partial charge in [-0.1, -0.05) is 20.8 Å². The van der Waals surface area contributed by atoms with Crippen molar-refractivity contribution in [3.8, 4) is 17.2 Å². The van der Waals surface area contributed by atoms with Crippen molar-refractivity contribution in [3.05, 3.63) is 54.7 Å². The highest BCUT2D eigenvalue weighted by Crippen LogP contribution is 2.38. The summed E-state index contributed by atoms with van der Waals surface area (Å²) in [5.41, 5.74) is 0.752. The van der Waals surface area contributed by atoms with Crippen molar-refractivity contribution < 1.29 is 23.2 Å². The predicted molar refractivity (Wildman–Crippen MR) is 141 cm³/mol. The number of hydrogen-bond acceptors (Lipinski definition) is 7. The van der Waals surface area contributed by atoms with Crippen LogP contribution in [0, 0.1) is 0 Å². The fraction of sp³-hybridized carbons (Fsp3) is 0.360. The van der Waals surface area contributed by atoms with Crippen molar-refractivity contribution >= 4 is 35.0 Å². The fourth-order valence-corrected chi connectivity index (χ4v) is 8.32. The summed E-state index contributed by atoms with van der Waals surface area (Å²) < 4.78 is 37.9. The maximum atomic E-state index is 14.1. The first-order chi connectivity index (χ1) is 16.4. The minimum absolute atomic E-state index is 0.128.